The van der Waals surface area contributed by atoms with E-state index in [-0.39, 0.29) is 0 Å². The second kappa shape index (κ2) is 3.97. The zero-order valence-electron chi connectivity index (χ0n) is 8.95. The Kier molecular flexibility index (Phi) is 2.83. The average Bonchev–Trinajstić information content (AvgIpc) is 2.66. The van der Waals surface area contributed by atoms with Gasteiger partial charge in [-0.2, -0.15) is 11.3 Å². The molecule has 1 aromatic rings. The fourth-order valence-electron chi connectivity index (χ4n) is 2.60. The number of rotatable bonds is 2. The molecule has 2 nitrogen and oxygen atoms in total. The Morgan fingerprint density at radius 2 is 2.00 bits per heavy atom. The number of carbonyl (C=O) groups is 1. The van der Waals surface area contributed by atoms with Crippen molar-refractivity contribution in [3.05, 3.63) is 21.9 Å². The molecule has 0 unspecified atom stereocenters. The molecule has 0 aromatic carbocycles. The summed E-state index contributed by atoms with van der Waals surface area (Å²) in [7, 11) is 0. The predicted octanol–water partition coefficient (Wildman–Crippen LogP) is 3.34. The highest BCUT2D eigenvalue weighted by Gasteiger charge is 2.42. The molecule has 1 saturated carbocycles. The molecule has 82 valence electrons. The van der Waals surface area contributed by atoms with Crippen LogP contribution >= 0.6 is 11.3 Å². The van der Waals surface area contributed by atoms with E-state index in [1.54, 1.807) is 11.3 Å². The molecule has 15 heavy (non-hydrogen) atoms. The average molecular weight is 224 g/mol. The second-order valence-corrected chi connectivity index (χ2v) is 5.16. The third-order valence-corrected chi connectivity index (χ3v) is 4.35. The zero-order chi connectivity index (χ0) is 10.9. The quantitative estimate of drug-likeness (QED) is 0.836. The van der Waals surface area contributed by atoms with Crippen LogP contribution in [-0.2, 0) is 10.2 Å². The van der Waals surface area contributed by atoms with Gasteiger partial charge in [0.15, 0.2) is 0 Å². The predicted molar refractivity (Wildman–Crippen MR) is 61.5 cm³/mol. The molecule has 1 aliphatic rings. The monoisotopic (exact) mass is 224 g/mol. The first-order valence-corrected chi connectivity index (χ1v) is 6.38. The van der Waals surface area contributed by atoms with Crippen LogP contribution in [-0.4, -0.2) is 11.1 Å². The molecule has 1 aliphatic carbocycles. The summed E-state index contributed by atoms with van der Waals surface area (Å²) >= 11 is 1.61. The minimum absolute atomic E-state index is 0.581. The highest BCUT2D eigenvalue weighted by atomic mass is 32.1. The minimum Gasteiger partial charge on any atom is -0.481 e. The van der Waals surface area contributed by atoms with E-state index in [0.29, 0.717) is 0 Å². The van der Waals surface area contributed by atoms with Gasteiger partial charge in [0.1, 0.15) is 0 Å². The number of thiophene rings is 1. The molecule has 1 fully saturated rings. The summed E-state index contributed by atoms with van der Waals surface area (Å²) in [4.78, 5) is 11.5. The van der Waals surface area contributed by atoms with E-state index in [1.165, 1.54) is 6.42 Å². The van der Waals surface area contributed by atoms with E-state index in [0.717, 1.165) is 36.8 Å². The third-order valence-electron chi connectivity index (χ3n) is 3.49. The van der Waals surface area contributed by atoms with Gasteiger partial charge in [0, 0.05) is 0 Å². The Labute approximate surface area is 93.9 Å². The van der Waals surface area contributed by atoms with Crippen molar-refractivity contribution < 1.29 is 9.90 Å². The molecule has 0 amide bonds. The molecule has 3 heteroatoms. The fraction of sp³-hybridized carbons (Fsp3) is 0.583. The smallest absolute Gasteiger partial charge is 0.314 e. The topological polar surface area (TPSA) is 37.3 Å². The van der Waals surface area contributed by atoms with Crippen LogP contribution in [0.5, 0.6) is 0 Å². The summed E-state index contributed by atoms with van der Waals surface area (Å²) in [5.41, 5.74) is 1.62. The summed E-state index contributed by atoms with van der Waals surface area (Å²) in [6, 6.07) is 0. The molecule has 2 rings (SSSR count). The number of carboxylic acid groups (broad SMARTS) is 1. The van der Waals surface area contributed by atoms with Gasteiger partial charge in [-0.05, 0) is 41.7 Å². The van der Waals surface area contributed by atoms with Gasteiger partial charge >= 0.3 is 5.97 Å². The Hall–Kier alpha value is -0.830. The summed E-state index contributed by atoms with van der Waals surface area (Å²) in [6.45, 7) is 2.02. The van der Waals surface area contributed by atoms with E-state index in [2.05, 4.69) is 5.38 Å². The number of hydrogen-bond donors (Lipinski definition) is 1. The molecule has 0 atom stereocenters. The lowest BCUT2D eigenvalue weighted by Gasteiger charge is -2.33. The Balaban J connectivity index is 2.42. The molecule has 0 spiro atoms. The number of aryl methyl sites for hydroxylation is 1. The van der Waals surface area contributed by atoms with E-state index in [9.17, 15) is 9.90 Å². The summed E-state index contributed by atoms with van der Waals surface area (Å²) < 4.78 is 0. The first-order chi connectivity index (χ1) is 7.17. The number of hydrogen-bond acceptors (Lipinski definition) is 2. The summed E-state index contributed by atoms with van der Waals surface area (Å²) in [5, 5.41) is 13.6. The van der Waals surface area contributed by atoms with Gasteiger partial charge in [0.25, 0.3) is 0 Å². The van der Waals surface area contributed by atoms with Crippen molar-refractivity contribution >= 4 is 17.3 Å². The Morgan fingerprint density at radius 3 is 2.47 bits per heavy atom. The molecule has 0 aliphatic heterocycles. The molecule has 0 radical (unpaired) electrons. The maximum absolute atomic E-state index is 11.5. The van der Waals surface area contributed by atoms with Gasteiger partial charge in [-0.25, -0.2) is 0 Å². The highest BCUT2D eigenvalue weighted by molar-refractivity contribution is 7.08. The summed E-state index contributed by atoms with van der Waals surface area (Å²) in [5.74, 6) is -0.635. The normalized spacial score (nSPS) is 20.1. The molecule has 0 bridgehead atoms. The van der Waals surface area contributed by atoms with E-state index < -0.39 is 11.4 Å². The van der Waals surface area contributed by atoms with Crippen molar-refractivity contribution in [2.75, 3.05) is 0 Å². The van der Waals surface area contributed by atoms with Crippen molar-refractivity contribution in [3.8, 4) is 0 Å². The molecule has 1 heterocycles. The lowest BCUT2D eigenvalue weighted by molar-refractivity contribution is -0.145. The van der Waals surface area contributed by atoms with Crippen molar-refractivity contribution in [2.45, 2.75) is 44.4 Å². The second-order valence-electron chi connectivity index (χ2n) is 4.42. The molecule has 1 aromatic heterocycles. The van der Waals surface area contributed by atoms with Crippen LogP contribution in [0, 0.1) is 6.92 Å². The van der Waals surface area contributed by atoms with Gasteiger partial charge in [-0.3, -0.25) is 4.79 Å². The lowest BCUT2D eigenvalue weighted by Crippen LogP contribution is -2.37. The van der Waals surface area contributed by atoms with Gasteiger partial charge in [-0.15, -0.1) is 0 Å². The van der Waals surface area contributed by atoms with Crippen LogP contribution in [0.25, 0.3) is 0 Å². The lowest BCUT2D eigenvalue weighted by atomic mass is 9.69. The summed E-state index contributed by atoms with van der Waals surface area (Å²) in [6.07, 6.45) is 4.88. The van der Waals surface area contributed by atoms with Crippen LogP contribution in [0.4, 0.5) is 0 Å². The van der Waals surface area contributed by atoms with Gasteiger partial charge < -0.3 is 5.11 Å². The fourth-order valence-corrected chi connectivity index (χ4v) is 3.55. The largest absolute Gasteiger partial charge is 0.481 e. The van der Waals surface area contributed by atoms with E-state index >= 15 is 0 Å². The SMILES string of the molecule is Cc1cscc1C1(C(=O)O)CCCCC1. The zero-order valence-corrected chi connectivity index (χ0v) is 9.77. The standard InChI is InChI=1S/C12H16O2S/c1-9-7-15-8-10(9)12(11(13)14)5-3-2-4-6-12/h7-8H,2-6H2,1H3,(H,13,14). The first kappa shape index (κ1) is 10.7. The van der Waals surface area contributed by atoms with Gasteiger partial charge in [0.05, 0.1) is 5.41 Å². The van der Waals surface area contributed by atoms with Crippen molar-refractivity contribution in [1.29, 1.82) is 0 Å². The molecule has 0 saturated heterocycles. The van der Waals surface area contributed by atoms with Gasteiger partial charge in [-0.1, -0.05) is 19.3 Å². The third kappa shape index (κ3) is 1.69. The molecule has 1 N–H and O–H groups in total. The van der Waals surface area contributed by atoms with Gasteiger partial charge in [0.2, 0.25) is 0 Å². The van der Waals surface area contributed by atoms with Crippen molar-refractivity contribution in [2.24, 2.45) is 0 Å². The first-order valence-electron chi connectivity index (χ1n) is 5.43. The maximum atomic E-state index is 11.5. The van der Waals surface area contributed by atoms with E-state index in [4.69, 9.17) is 0 Å². The van der Waals surface area contributed by atoms with E-state index in [1.807, 2.05) is 12.3 Å². The Morgan fingerprint density at radius 1 is 1.33 bits per heavy atom. The van der Waals surface area contributed by atoms with Crippen LogP contribution in [0.1, 0.15) is 43.2 Å². The Bertz CT molecular complexity index is 361. The maximum Gasteiger partial charge on any atom is 0.314 e. The number of carboxylic acids is 1. The molecular formula is C12H16O2S. The minimum atomic E-state index is -0.635. The van der Waals surface area contributed by atoms with Crippen LogP contribution in [0.3, 0.4) is 0 Å². The van der Waals surface area contributed by atoms with Crippen LogP contribution in [0.2, 0.25) is 0 Å². The van der Waals surface area contributed by atoms with Crippen molar-refractivity contribution in [3.63, 3.8) is 0 Å². The van der Waals surface area contributed by atoms with Crippen LogP contribution in [0.15, 0.2) is 10.8 Å². The van der Waals surface area contributed by atoms with Crippen LogP contribution < -0.4 is 0 Å². The van der Waals surface area contributed by atoms with Crippen molar-refractivity contribution in [1.82, 2.24) is 0 Å². The highest BCUT2D eigenvalue weighted by Crippen LogP contribution is 2.42. The molecular weight excluding hydrogens is 208 g/mol. The number of aliphatic carboxylic acids is 1.